The second-order valence-electron chi connectivity index (χ2n) is 7.66. The monoisotopic (exact) mass is 453 g/mol. The Bertz CT molecular complexity index is 1230. The minimum Gasteiger partial charge on any atom is -0.386 e. The van der Waals surface area contributed by atoms with Gasteiger partial charge in [0, 0.05) is 17.3 Å². The highest BCUT2D eigenvalue weighted by Crippen LogP contribution is 2.45. The number of anilines is 1. The Morgan fingerprint density at radius 3 is 2.42 bits per heavy atom. The molecule has 8 nitrogen and oxygen atoms in total. The van der Waals surface area contributed by atoms with Crippen molar-refractivity contribution in [1.82, 2.24) is 4.98 Å². The Balaban J connectivity index is 1.69. The molecule has 1 aliphatic carbocycles. The molecule has 1 aromatic carbocycles. The molecule has 1 aromatic heterocycles. The van der Waals surface area contributed by atoms with E-state index in [9.17, 15) is 26.4 Å². The van der Waals surface area contributed by atoms with E-state index < -0.39 is 55.1 Å². The van der Waals surface area contributed by atoms with Gasteiger partial charge in [-0.25, -0.2) is 31.6 Å². The van der Waals surface area contributed by atoms with Gasteiger partial charge in [0.1, 0.15) is 22.2 Å². The summed E-state index contributed by atoms with van der Waals surface area (Å²) < 4.78 is 66.0. The first-order valence-electron chi connectivity index (χ1n) is 9.27. The summed E-state index contributed by atoms with van der Waals surface area (Å²) in [6, 6.07) is 3.71. The maximum Gasteiger partial charge on any atom is 0.277 e. The van der Waals surface area contributed by atoms with Crippen LogP contribution in [0.2, 0.25) is 0 Å². The van der Waals surface area contributed by atoms with Crippen LogP contribution in [0.1, 0.15) is 35.3 Å². The molecule has 1 unspecified atom stereocenters. The van der Waals surface area contributed by atoms with Crippen molar-refractivity contribution in [3.63, 3.8) is 0 Å². The third kappa shape index (κ3) is 3.35. The lowest BCUT2D eigenvalue weighted by molar-refractivity contribution is 0.101. The average Bonchev–Trinajstić information content (AvgIpc) is 2.60. The zero-order chi connectivity index (χ0) is 22.6. The van der Waals surface area contributed by atoms with Crippen LogP contribution < -0.4 is 16.8 Å². The topological polar surface area (TPSA) is 141 Å². The van der Waals surface area contributed by atoms with Crippen LogP contribution in [0.25, 0.3) is 0 Å². The number of nitrogens with two attached hydrogens (primary N) is 2. The lowest BCUT2D eigenvalue weighted by atomic mass is 9.82. The number of hydrogen-bond donors (Lipinski definition) is 3. The quantitative estimate of drug-likeness (QED) is 0.644. The molecule has 0 bridgehead atoms. The van der Waals surface area contributed by atoms with Crippen molar-refractivity contribution in [1.29, 1.82) is 0 Å². The summed E-state index contributed by atoms with van der Waals surface area (Å²) in [6.07, 6.45) is 2.01. The van der Waals surface area contributed by atoms with Gasteiger partial charge >= 0.3 is 0 Å². The number of aliphatic imine (C=N–C) groups is 1. The standard InChI is InChI=1S/C19H18F3N5O3S/c20-10-6-14(22)15(25-8-10)16(28)26-11-2-3-13(21)12(7-11)19(24)9-31(29,30)18(4-1-5-18)17(23)27-19/h2-3,6-8H,1,4-5,9,24H2,(H2,23,27)(H,26,28). The summed E-state index contributed by atoms with van der Waals surface area (Å²) >= 11 is 0. The summed E-state index contributed by atoms with van der Waals surface area (Å²) in [5.74, 6) is -4.85. The number of pyridine rings is 1. The van der Waals surface area contributed by atoms with E-state index in [-0.39, 0.29) is 17.1 Å². The first-order chi connectivity index (χ1) is 14.5. The highest BCUT2D eigenvalue weighted by atomic mass is 32.2. The maximum absolute atomic E-state index is 14.6. The summed E-state index contributed by atoms with van der Waals surface area (Å²) in [7, 11) is -3.83. The predicted octanol–water partition coefficient (Wildman–Crippen LogP) is 1.57. The number of amides is 1. The van der Waals surface area contributed by atoms with Crippen molar-refractivity contribution in [2.24, 2.45) is 16.5 Å². The Morgan fingerprint density at radius 2 is 1.84 bits per heavy atom. The van der Waals surface area contributed by atoms with E-state index in [4.69, 9.17) is 11.5 Å². The number of carbonyl (C=O) groups excluding carboxylic acids is 1. The Kier molecular flexibility index (Phi) is 4.81. The van der Waals surface area contributed by atoms with Gasteiger partial charge < -0.3 is 16.8 Å². The molecule has 1 saturated carbocycles. The number of aromatic nitrogens is 1. The third-order valence-electron chi connectivity index (χ3n) is 5.67. The summed E-state index contributed by atoms with van der Waals surface area (Å²) in [5, 5.41) is 2.30. The smallest absolute Gasteiger partial charge is 0.277 e. The molecule has 31 heavy (non-hydrogen) atoms. The van der Waals surface area contributed by atoms with Crippen molar-refractivity contribution >= 4 is 27.3 Å². The first-order valence-corrected chi connectivity index (χ1v) is 10.9. The molecular formula is C19H18F3N5O3S. The fraction of sp³-hybridized carbons (Fsp3) is 0.316. The van der Waals surface area contributed by atoms with Crippen LogP contribution >= 0.6 is 0 Å². The molecule has 2 aromatic rings. The molecule has 1 fully saturated rings. The minimum absolute atomic E-state index is 0.0214. The second-order valence-corrected chi connectivity index (χ2v) is 9.96. The largest absolute Gasteiger partial charge is 0.386 e. The first kappa shape index (κ1) is 21.2. The molecule has 0 saturated heterocycles. The number of rotatable bonds is 3. The van der Waals surface area contributed by atoms with Crippen LogP contribution in [0.4, 0.5) is 18.9 Å². The number of amidine groups is 1. The molecule has 2 aliphatic rings. The third-order valence-corrected chi connectivity index (χ3v) is 8.30. The van der Waals surface area contributed by atoms with Gasteiger partial charge in [-0.2, -0.15) is 0 Å². The van der Waals surface area contributed by atoms with E-state index >= 15 is 0 Å². The SMILES string of the molecule is NC1=NC(N)(c2cc(NC(=O)c3ncc(F)cc3F)ccc2F)CS(=O)(=O)C12CCC2. The van der Waals surface area contributed by atoms with Crippen molar-refractivity contribution in [3.05, 3.63) is 59.2 Å². The van der Waals surface area contributed by atoms with E-state index in [1.54, 1.807) is 0 Å². The van der Waals surface area contributed by atoms with Crippen LogP contribution in [0.15, 0.2) is 35.5 Å². The van der Waals surface area contributed by atoms with Gasteiger partial charge in [-0.05, 0) is 37.5 Å². The molecular weight excluding hydrogens is 435 g/mol. The summed E-state index contributed by atoms with van der Waals surface area (Å²) in [4.78, 5) is 19.8. The van der Waals surface area contributed by atoms with E-state index in [1.165, 1.54) is 6.07 Å². The molecule has 4 rings (SSSR count). The molecule has 0 radical (unpaired) electrons. The van der Waals surface area contributed by atoms with Crippen molar-refractivity contribution < 1.29 is 26.4 Å². The fourth-order valence-electron chi connectivity index (χ4n) is 3.85. The van der Waals surface area contributed by atoms with Gasteiger partial charge in [-0.15, -0.1) is 0 Å². The van der Waals surface area contributed by atoms with E-state index in [1.807, 2.05) is 0 Å². The number of nitrogens with zero attached hydrogens (tertiary/aromatic N) is 2. The number of carbonyl (C=O) groups is 1. The molecule has 1 atom stereocenters. The number of hydrogen-bond acceptors (Lipinski definition) is 7. The van der Waals surface area contributed by atoms with Crippen molar-refractivity contribution in [2.45, 2.75) is 29.7 Å². The number of benzene rings is 1. The van der Waals surface area contributed by atoms with E-state index in [2.05, 4.69) is 15.3 Å². The fourth-order valence-corrected chi connectivity index (χ4v) is 6.20. The lowest BCUT2D eigenvalue weighted by Gasteiger charge is -2.46. The van der Waals surface area contributed by atoms with Crippen LogP contribution in [-0.4, -0.2) is 35.6 Å². The lowest BCUT2D eigenvalue weighted by Crippen LogP contribution is -2.64. The molecule has 5 N–H and O–H groups in total. The molecule has 1 aliphatic heterocycles. The highest BCUT2D eigenvalue weighted by molar-refractivity contribution is 7.93. The number of halogens is 3. The minimum atomic E-state index is -3.83. The van der Waals surface area contributed by atoms with Gasteiger partial charge in [-0.3, -0.25) is 4.79 Å². The Morgan fingerprint density at radius 1 is 1.13 bits per heavy atom. The van der Waals surface area contributed by atoms with Gasteiger partial charge in [-0.1, -0.05) is 0 Å². The Hall–Kier alpha value is -2.99. The number of sulfone groups is 1. The molecule has 12 heteroatoms. The van der Waals surface area contributed by atoms with Gasteiger partial charge in [0.25, 0.3) is 5.91 Å². The zero-order valence-corrected chi connectivity index (χ0v) is 16.8. The zero-order valence-electron chi connectivity index (χ0n) is 16.0. The number of nitrogens with one attached hydrogen (secondary N) is 1. The van der Waals surface area contributed by atoms with Crippen LogP contribution in [0, 0.1) is 17.5 Å². The van der Waals surface area contributed by atoms with E-state index in [0.29, 0.717) is 31.5 Å². The second kappa shape index (κ2) is 7.02. The average molecular weight is 453 g/mol. The van der Waals surface area contributed by atoms with Crippen LogP contribution in [0.5, 0.6) is 0 Å². The van der Waals surface area contributed by atoms with Crippen molar-refractivity contribution in [3.8, 4) is 0 Å². The van der Waals surface area contributed by atoms with Gasteiger partial charge in [0.05, 0.1) is 11.9 Å². The molecule has 1 amide bonds. The van der Waals surface area contributed by atoms with E-state index in [0.717, 1.165) is 12.1 Å². The van der Waals surface area contributed by atoms with Crippen LogP contribution in [0.3, 0.4) is 0 Å². The maximum atomic E-state index is 14.6. The molecule has 2 heterocycles. The summed E-state index contributed by atoms with van der Waals surface area (Å²) in [5.41, 5.74) is 9.13. The van der Waals surface area contributed by atoms with Gasteiger partial charge in [0.2, 0.25) is 0 Å². The normalized spacial score (nSPS) is 23.7. The Labute approximate surface area is 175 Å². The highest BCUT2D eigenvalue weighted by Gasteiger charge is 2.58. The molecule has 1 spiro atoms. The molecule has 164 valence electrons. The summed E-state index contributed by atoms with van der Waals surface area (Å²) in [6.45, 7) is 0. The predicted molar refractivity (Wildman–Crippen MR) is 106 cm³/mol. The van der Waals surface area contributed by atoms with Gasteiger partial charge in [0.15, 0.2) is 27.0 Å². The van der Waals surface area contributed by atoms with Crippen LogP contribution in [-0.2, 0) is 15.5 Å². The van der Waals surface area contributed by atoms with Crippen molar-refractivity contribution in [2.75, 3.05) is 11.1 Å².